The minimum absolute atomic E-state index is 0.0647. The fraction of sp³-hybridized carbons (Fsp3) is 0.565. The molecule has 29 heavy (non-hydrogen) atoms. The van der Waals surface area contributed by atoms with Gasteiger partial charge < -0.3 is 20.1 Å². The first-order valence-electron chi connectivity index (χ1n) is 11.0. The van der Waals surface area contributed by atoms with Crippen LogP contribution in [-0.4, -0.2) is 46.5 Å². The highest BCUT2D eigenvalue weighted by atomic mass is 16.2. The van der Waals surface area contributed by atoms with Crippen LogP contribution in [0.2, 0.25) is 0 Å². The Morgan fingerprint density at radius 1 is 1.17 bits per heavy atom. The number of hydrogen-bond donors (Lipinski definition) is 2. The van der Waals surface area contributed by atoms with Crippen molar-refractivity contribution in [1.82, 2.24) is 14.8 Å². The summed E-state index contributed by atoms with van der Waals surface area (Å²) in [5.41, 5.74) is 1.82. The van der Waals surface area contributed by atoms with Gasteiger partial charge in [-0.15, -0.1) is 0 Å². The van der Waals surface area contributed by atoms with E-state index in [9.17, 15) is 9.59 Å². The molecule has 0 radical (unpaired) electrons. The van der Waals surface area contributed by atoms with Gasteiger partial charge >= 0.3 is 0 Å². The number of fused-ring (bicyclic) bond motifs is 2. The number of amides is 2. The minimum Gasteiger partial charge on any atom is -0.342 e. The van der Waals surface area contributed by atoms with Crippen LogP contribution in [-0.2, 0) is 16.1 Å². The molecule has 2 N–H and O–H groups in total. The van der Waals surface area contributed by atoms with Gasteiger partial charge in [0.1, 0.15) is 6.54 Å². The fourth-order valence-electron chi connectivity index (χ4n) is 4.99. The smallest absolute Gasteiger partial charge is 0.242 e. The minimum atomic E-state index is -0.0879. The molecule has 3 unspecified atom stereocenters. The molecule has 3 atom stereocenters. The van der Waals surface area contributed by atoms with E-state index in [0.717, 1.165) is 36.1 Å². The highest BCUT2D eigenvalue weighted by Gasteiger charge is 2.38. The highest BCUT2D eigenvalue weighted by molar-refractivity contribution is 5.97. The number of nitrogens with zero attached hydrogens (tertiary/aromatic N) is 2. The third kappa shape index (κ3) is 4.17. The quantitative estimate of drug-likeness (QED) is 0.787. The number of carbonyl (C=O) groups excluding carboxylic acids is 2. The van der Waals surface area contributed by atoms with Crippen LogP contribution in [0.15, 0.2) is 30.5 Å². The first-order chi connectivity index (χ1) is 14.1. The van der Waals surface area contributed by atoms with E-state index < -0.39 is 0 Å². The molecular formula is C23H32N4O2. The van der Waals surface area contributed by atoms with E-state index in [0.29, 0.717) is 18.5 Å². The summed E-state index contributed by atoms with van der Waals surface area (Å²) in [5.74, 6) is 0.841. The molecule has 6 nitrogen and oxygen atoms in total. The van der Waals surface area contributed by atoms with Gasteiger partial charge in [0.05, 0.1) is 6.04 Å². The lowest BCUT2D eigenvalue weighted by molar-refractivity contribution is -0.131. The maximum atomic E-state index is 12.8. The zero-order valence-corrected chi connectivity index (χ0v) is 17.5. The SMILES string of the molecule is CCN(CC)C(=O)Cn1ccc2cc(NC(=O)C3CC4CCCCC4N3)ccc21. The first-order valence-corrected chi connectivity index (χ1v) is 11.0. The summed E-state index contributed by atoms with van der Waals surface area (Å²) in [6.45, 7) is 5.78. The molecule has 2 fully saturated rings. The molecule has 4 rings (SSSR count). The Labute approximate surface area is 172 Å². The second-order valence-electron chi connectivity index (χ2n) is 8.38. The maximum absolute atomic E-state index is 12.8. The third-order valence-corrected chi connectivity index (χ3v) is 6.64. The third-order valence-electron chi connectivity index (χ3n) is 6.64. The molecule has 2 aromatic rings. The number of hydrogen-bond acceptors (Lipinski definition) is 3. The number of rotatable bonds is 6. The Balaban J connectivity index is 1.42. The molecule has 2 aliphatic rings. The van der Waals surface area contributed by atoms with Crippen LogP contribution in [0.1, 0.15) is 46.0 Å². The van der Waals surface area contributed by atoms with Crippen LogP contribution >= 0.6 is 0 Å². The highest BCUT2D eigenvalue weighted by Crippen LogP contribution is 2.33. The van der Waals surface area contributed by atoms with E-state index in [1.54, 1.807) is 0 Å². The first kappa shape index (κ1) is 20.0. The van der Waals surface area contributed by atoms with Crippen molar-refractivity contribution in [1.29, 1.82) is 0 Å². The van der Waals surface area contributed by atoms with E-state index in [1.165, 1.54) is 25.7 Å². The summed E-state index contributed by atoms with van der Waals surface area (Å²) in [6, 6.07) is 8.34. The summed E-state index contributed by atoms with van der Waals surface area (Å²) >= 11 is 0. The topological polar surface area (TPSA) is 66.4 Å². The molecule has 156 valence electrons. The van der Waals surface area contributed by atoms with Crippen LogP contribution < -0.4 is 10.6 Å². The van der Waals surface area contributed by atoms with Crippen LogP contribution in [0.25, 0.3) is 10.9 Å². The number of carbonyl (C=O) groups is 2. The molecule has 1 aliphatic carbocycles. The summed E-state index contributed by atoms with van der Waals surface area (Å²) in [4.78, 5) is 27.0. The molecule has 6 heteroatoms. The Hall–Kier alpha value is -2.34. The molecule has 1 aromatic carbocycles. The number of aromatic nitrogens is 1. The van der Waals surface area contributed by atoms with Crippen LogP contribution in [0.4, 0.5) is 5.69 Å². The molecule has 2 amide bonds. The molecular weight excluding hydrogens is 364 g/mol. The van der Waals surface area contributed by atoms with Crippen molar-refractivity contribution in [2.75, 3.05) is 18.4 Å². The molecule has 1 aromatic heterocycles. The molecule has 0 spiro atoms. The van der Waals surface area contributed by atoms with E-state index in [1.807, 2.05) is 53.8 Å². The molecule has 0 bridgehead atoms. The second-order valence-corrected chi connectivity index (χ2v) is 8.38. The van der Waals surface area contributed by atoms with E-state index in [4.69, 9.17) is 0 Å². The molecule has 1 saturated heterocycles. The molecule has 2 heterocycles. The zero-order valence-electron chi connectivity index (χ0n) is 17.5. The van der Waals surface area contributed by atoms with E-state index >= 15 is 0 Å². The van der Waals surface area contributed by atoms with Crippen LogP contribution in [0.3, 0.4) is 0 Å². The van der Waals surface area contributed by atoms with Crippen molar-refractivity contribution in [2.24, 2.45) is 5.92 Å². The number of benzene rings is 1. The predicted molar refractivity (Wildman–Crippen MR) is 116 cm³/mol. The second kappa shape index (κ2) is 8.57. The largest absolute Gasteiger partial charge is 0.342 e. The van der Waals surface area contributed by atoms with Crippen molar-refractivity contribution in [3.05, 3.63) is 30.5 Å². The van der Waals surface area contributed by atoms with E-state index in [2.05, 4.69) is 10.6 Å². The van der Waals surface area contributed by atoms with Gasteiger partial charge in [0.15, 0.2) is 0 Å². The summed E-state index contributed by atoms with van der Waals surface area (Å²) < 4.78 is 1.98. The standard InChI is InChI=1S/C23H32N4O2/c1-3-26(4-2)22(28)15-27-12-11-17-13-18(9-10-21(17)27)24-23(29)20-14-16-7-5-6-8-19(16)25-20/h9-13,16,19-20,25H,3-8,14-15H2,1-2H3,(H,24,29). The van der Waals surface area contributed by atoms with Crippen LogP contribution in [0.5, 0.6) is 0 Å². The van der Waals surface area contributed by atoms with Gasteiger partial charge in [-0.3, -0.25) is 9.59 Å². The van der Waals surface area contributed by atoms with Gasteiger partial charge in [0.25, 0.3) is 0 Å². The van der Waals surface area contributed by atoms with Gasteiger partial charge in [-0.25, -0.2) is 0 Å². The molecule has 1 saturated carbocycles. The van der Waals surface area contributed by atoms with Crippen molar-refractivity contribution < 1.29 is 9.59 Å². The fourth-order valence-corrected chi connectivity index (χ4v) is 4.99. The lowest BCUT2D eigenvalue weighted by atomic mass is 9.85. The normalized spacial score (nSPS) is 23.7. The zero-order chi connectivity index (χ0) is 20.4. The summed E-state index contributed by atoms with van der Waals surface area (Å²) in [7, 11) is 0. The monoisotopic (exact) mass is 396 g/mol. The van der Waals surface area contributed by atoms with Gasteiger partial charge in [-0.1, -0.05) is 12.8 Å². The lowest BCUT2D eigenvalue weighted by Crippen LogP contribution is -2.39. The van der Waals surface area contributed by atoms with Crippen molar-refractivity contribution in [2.45, 2.75) is 64.6 Å². The van der Waals surface area contributed by atoms with Gasteiger partial charge in [-0.05, 0) is 63.3 Å². The van der Waals surface area contributed by atoms with Crippen molar-refractivity contribution >= 4 is 28.4 Å². The average molecular weight is 397 g/mol. The Morgan fingerprint density at radius 2 is 1.97 bits per heavy atom. The number of anilines is 1. The van der Waals surface area contributed by atoms with Gasteiger partial charge in [-0.2, -0.15) is 0 Å². The summed E-state index contributed by atoms with van der Waals surface area (Å²) in [6.07, 6.45) is 7.89. The number of likely N-dealkylation sites (N-methyl/N-ethyl adjacent to an activating group) is 1. The maximum Gasteiger partial charge on any atom is 0.242 e. The Morgan fingerprint density at radius 3 is 2.72 bits per heavy atom. The van der Waals surface area contributed by atoms with E-state index in [-0.39, 0.29) is 17.9 Å². The van der Waals surface area contributed by atoms with Crippen molar-refractivity contribution in [3.8, 4) is 0 Å². The van der Waals surface area contributed by atoms with Gasteiger partial charge in [0, 0.05) is 41.9 Å². The summed E-state index contributed by atoms with van der Waals surface area (Å²) in [5, 5.41) is 7.66. The average Bonchev–Trinajstić information content (AvgIpc) is 3.33. The Kier molecular flexibility index (Phi) is 5.90. The van der Waals surface area contributed by atoms with Gasteiger partial charge in [0.2, 0.25) is 11.8 Å². The molecule has 1 aliphatic heterocycles. The Bertz CT molecular complexity index is 872. The van der Waals surface area contributed by atoms with Crippen LogP contribution in [0, 0.1) is 5.92 Å². The lowest BCUT2D eigenvalue weighted by Gasteiger charge is -2.24. The predicted octanol–water partition coefficient (Wildman–Crippen LogP) is 3.37. The van der Waals surface area contributed by atoms with Crippen molar-refractivity contribution in [3.63, 3.8) is 0 Å². The number of nitrogens with one attached hydrogen (secondary N) is 2.